The molecule has 2 aromatic rings. The van der Waals surface area contributed by atoms with E-state index < -0.39 is 0 Å². The summed E-state index contributed by atoms with van der Waals surface area (Å²) in [6, 6.07) is 7.80. The van der Waals surface area contributed by atoms with Crippen molar-refractivity contribution in [2.75, 3.05) is 26.1 Å². The van der Waals surface area contributed by atoms with E-state index in [0.717, 1.165) is 37.1 Å². The third kappa shape index (κ3) is 4.96. The Labute approximate surface area is 172 Å². The number of ether oxygens (including phenoxy) is 2. The number of nitrogens with zero attached hydrogens (tertiary/aromatic N) is 3. The minimum atomic E-state index is -0.00350. The van der Waals surface area contributed by atoms with Crippen molar-refractivity contribution in [1.82, 2.24) is 14.9 Å². The van der Waals surface area contributed by atoms with E-state index in [-0.39, 0.29) is 5.91 Å². The summed E-state index contributed by atoms with van der Waals surface area (Å²) in [6.07, 6.45) is 4.27. The number of piperidine rings is 1. The van der Waals surface area contributed by atoms with Gasteiger partial charge < -0.3 is 19.7 Å². The second-order valence-electron chi connectivity index (χ2n) is 7.32. The predicted octanol–water partition coefficient (Wildman–Crippen LogP) is 3.82. The van der Waals surface area contributed by atoms with Gasteiger partial charge in [-0.05, 0) is 56.4 Å². The smallest absolute Gasteiger partial charge is 0.272 e. The molecule has 1 unspecified atom stereocenters. The Kier molecular flexibility index (Phi) is 6.90. The summed E-state index contributed by atoms with van der Waals surface area (Å²) in [5.74, 6) is 1.80. The SMILES string of the molecule is CCC1CCCCN1C(=O)c1cc(C)nc(NCc2ccc(OC)c(OC)c2)n1. The Bertz CT molecular complexity index is 856. The van der Waals surface area contributed by atoms with Crippen LogP contribution >= 0.6 is 0 Å². The normalized spacial score (nSPS) is 16.4. The Morgan fingerprint density at radius 2 is 1.97 bits per heavy atom. The lowest BCUT2D eigenvalue weighted by Crippen LogP contribution is -2.43. The summed E-state index contributed by atoms with van der Waals surface area (Å²) < 4.78 is 10.6. The van der Waals surface area contributed by atoms with Crippen LogP contribution in [-0.4, -0.2) is 47.6 Å². The van der Waals surface area contributed by atoms with Crippen LogP contribution in [0.5, 0.6) is 11.5 Å². The van der Waals surface area contributed by atoms with E-state index in [4.69, 9.17) is 9.47 Å². The summed E-state index contributed by atoms with van der Waals surface area (Å²) >= 11 is 0. The number of likely N-dealkylation sites (tertiary alicyclic amines) is 1. The molecular formula is C22H30N4O3. The van der Waals surface area contributed by atoms with Crippen molar-refractivity contribution in [3.8, 4) is 11.5 Å². The minimum absolute atomic E-state index is 0.00350. The fraction of sp³-hybridized carbons (Fsp3) is 0.500. The van der Waals surface area contributed by atoms with E-state index in [1.807, 2.05) is 30.0 Å². The summed E-state index contributed by atoms with van der Waals surface area (Å²) in [6.45, 7) is 5.33. The predicted molar refractivity (Wildman–Crippen MR) is 113 cm³/mol. The largest absolute Gasteiger partial charge is 0.493 e. The molecule has 1 atom stereocenters. The van der Waals surface area contributed by atoms with Gasteiger partial charge in [-0.1, -0.05) is 13.0 Å². The van der Waals surface area contributed by atoms with Gasteiger partial charge in [-0.2, -0.15) is 0 Å². The molecule has 1 saturated heterocycles. The number of hydrogen-bond donors (Lipinski definition) is 1. The number of carbonyl (C=O) groups excluding carboxylic acids is 1. The van der Waals surface area contributed by atoms with E-state index in [1.165, 1.54) is 6.42 Å². The van der Waals surface area contributed by atoms with E-state index in [1.54, 1.807) is 20.3 Å². The van der Waals surface area contributed by atoms with Crippen LogP contribution in [0.25, 0.3) is 0 Å². The molecule has 1 fully saturated rings. The van der Waals surface area contributed by atoms with Crippen LogP contribution in [0.3, 0.4) is 0 Å². The van der Waals surface area contributed by atoms with Crippen molar-refractivity contribution in [3.05, 3.63) is 41.2 Å². The molecule has 7 heteroatoms. The van der Waals surface area contributed by atoms with Gasteiger partial charge in [0, 0.05) is 24.8 Å². The van der Waals surface area contributed by atoms with Crippen molar-refractivity contribution in [2.45, 2.75) is 52.1 Å². The number of amides is 1. The monoisotopic (exact) mass is 398 g/mol. The number of carbonyl (C=O) groups is 1. The molecule has 1 N–H and O–H groups in total. The lowest BCUT2D eigenvalue weighted by atomic mass is 9.99. The summed E-state index contributed by atoms with van der Waals surface area (Å²) in [5.41, 5.74) is 2.22. The Morgan fingerprint density at radius 3 is 2.69 bits per heavy atom. The second-order valence-corrected chi connectivity index (χ2v) is 7.32. The van der Waals surface area contributed by atoms with Crippen molar-refractivity contribution in [3.63, 3.8) is 0 Å². The van der Waals surface area contributed by atoms with Crippen LogP contribution < -0.4 is 14.8 Å². The summed E-state index contributed by atoms with van der Waals surface area (Å²) in [5, 5.41) is 3.22. The van der Waals surface area contributed by atoms with Gasteiger partial charge in [0.25, 0.3) is 5.91 Å². The third-order valence-corrected chi connectivity index (χ3v) is 5.33. The first kappa shape index (κ1) is 20.9. The first-order valence-corrected chi connectivity index (χ1v) is 10.2. The number of methoxy groups -OCH3 is 2. The number of hydrogen-bond acceptors (Lipinski definition) is 6. The fourth-order valence-corrected chi connectivity index (χ4v) is 3.77. The molecule has 1 aromatic heterocycles. The highest BCUT2D eigenvalue weighted by molar-refractivity contribution is 5.93. The highest BCUT2D eigenvalue weighted by Gasteiger charge is 2.27. The van der Waals surface area contributed by atoms with E-state index in [2.05, 4.69) is 22.2 Å². The van der Waals surface area contributed by atoms with Gasteiger partial charge in [-0.25, -0.2) is 9.97 Å². The van der Waals surface area contributed by atoms with Gasteiger partial charge in [0.1, 0.15) is 5.69 Å². The Morgan fingerprint density at radius 1 is 1.17 bits per heavy atom. The van der Waals surface area contributed by atoms with Crippen molar-refractivity contribution in [2.24, 2.45) is 0 Å². The maximum absolute atomic E-state index is 13.1. The first-order chi connectivity index (χ1) is 14.0. The molecule has 2 heterocycles. The molecule has 0 saturated carbocycles. The second kappa shape index (κ2) is 9.58. The van der Waals surface area contributed by atoms with Crippen LogP contribution in [0.4, 0.5) is 5.95 Å². The van der Waals surface area contributed by atoms with E-state index in [9.17, 15) is 4.79 Å². The average Bonchev–Trinajstić information content (AvgIpc) is 2.76. The molecule has 1 amide bonds. The molecule has 29 heavy (non-hydrogen) atoms. The highest BCUT2D eigenvalue weighted by Crippen LogP contribution is 2.28. The number of nitrogens with one attached hydrogen (secondary N) is 1. The molecule has 3 rings (SSSR count). The topological polar surface area (TPSA) is 76.6 Å². The van der Waals surface area contributed by atoms with Crippen LogP contribution in [0, 0.1) is 6.92 Å². The first-order valence-electron chi connectivity index (χ1n) is 10.2. The quantitative estimate of drug-likeness (QED) is 0.764. The maximum Gasteiger partial charge on any atom is 0.272 e. The van der Waals surface area contributed by atoms with Crippen LogP contribution in [0.15, 0.2) is 24.3 Å². The minimum Gasteiger partial charge on any atom is -0.493 e. The molecule has 0 bridgehead atoms. The number of aryl methyl sites for hydroxylation is 1. The molecule has 1 aliphatic heterocycles. The van der Waals surface area contributed by atoms with Crippen molar-refractivity contribution >= 4 is 11.9 Å². The molecule has 0 spiro atoms. The zero-order chi connectivity index (χ0) is 20.8. The molecule has 156 valence electrons. The van der Waals surface area contributed by atoms with Gasteiger partial charge in [0.15, 0.2) is 11.5 Å². The molecule has 7 nitrogen and oxygen atoms in total. The standard InChI is InChI=1S/C22H30N4O3/c1-5-17-8-6-7-11-26(17)21(27)18-12-15(2)24-22(25-18)23-14-16-9-10-19(28-3)20(13-16)29-4/h9-10,12-13,17H,5-8,11,14H2,1-4H3,(H,23,24,25). The number of rotatable bonds is 7. The van der Waals surface area contributed by atoms with E-state index in [0.29, 0.717) is 35.7 Å². The summed E-state index contributed by atoms with van der Waals surface area (Å²) in [7, 11) is 3.22. The fourth-order valence-electron chi connectivity index (χ4n) is 3.77. The lowest BCUT2D eigenvalue weighted by Gasteiger charge is -2.35. The molecular weight excluding hydrogens is 368 g/mol. The van der Waals surface area contributed by atoms with Gasteiger partial charge in [0.2, 0.25) is 5.95 Å². The van der Waals surface area contributed by atoms with Crippen molar-refractivity contribution in [1.29, 1.82) is 0 Å². The number of aromatic nitrogens is 2. The third-order valence-electron chi connectivity index (χ3n) is 5.33. The average molecular weight is 399 g/mol. The number of anilines is 1. The van der Waals surface area contributed by atoms with Gasteiger partial charge >= 0.3 is 0 Å². The molecule has 0 aliphatic carbocycles. The van der Waals surface area contributed by atoms with Gasteiger partial charge in [-0.15, -0.1) is 0 Å². The van der Waals surface area contributed by atoms with Gasteiger partial charge in [-0.3, -0.25) is 4.79 Å². The van der Waals surface area contributed by atoms with Crippen molar-refractivity contribution < 1.29 is 14.3 Å². The molecule has 1 aliphatic rings. The lowest BCUT2D eigenvalue weighted by molar-refractivity contribution is 0.0601. The van der Waals surface area contributed by atoms with Gasteiger partial charge in [0.05, 0.1) is 14.2 Å². The highest BCUT2D eigenvalue weighted by atomic mass is 16.5. The Hall–Kier alpha value is -2.83. The maximum atomic E-state index is 13.1. The Balaban J connectivity index is 1.74. The zero-order valence-corrected chi connectivity index (χ0v) is 17.7. The summed E-state index contributed by atoms with van der Waals surface area (Å²) in [4.78, 5) is 24.0. The van der Waals surface area contributed by atoms with E-state index >= 15 is 0 Å². The molecule has 1 aromatic carbocycles. The van der Waals surface area contributed by atoms with Crippen LogP contribution in [-0.2, 0) is 6.54 Å². The molecule has 0 radical (unpaired) electrons. The number of benzene rings is 1. The zero-order valence-electron chi connectivity index (χ0n) is 17.7. The van der Waals surface area contributed by atoms with Crippen LogP contribution in [0.1, 0.15) is 54.4 Å². The van der Waals surface area contributed by atoms with Crippen LogP contribution in [0.2, 0.25) is 0 Å².